The highest BCUT2D eigenvalue weighted by molar-refractivity contribution is 6.61. The predicted octanol–water partition coefficient (Wildman–Crippen LogP) is 7.66. The third-order valence-electron chi connectivity index (χ3n) is 5.53. The van der Waals surface area contributed by atoms with Crippen molar-refractivity contribution in [2.24, 2.45) is 5.73 Å². The first-order valence-corrected chi connectivity index (χ1v) is 15.9. The van der Waals surface area contributed by atoms with E-state index < -0.39 is 33.1 Å². The van der Waals surface area contributed by atoms with Crippen LogP contribution < -0.4 is 25.8 Å². The highest BCUT2D eigenvalue weighted by atomic mass is 35.5. The van der Waals surface area contributed by atoms with Crippen LogP contribution in [0.25, 0.3) is 0 Å². The van der Waals surface area contributed by atoms with E-state index in [1.807, 2.05) is 27.7 Å². The van der Waals surface area contributed by atoms with E-state index in [1.54, 1.807) is 0 Å². The third kappa shape index (κ3) is 26.4. The van der Waals surface area contributed by atoms with E-state index in [-0.39, 0.29) is 22.9 Å². The number of nitro groups is 2. The van der Waals surface area contributed by atoms with Gasteiger partial charge in [-0.3, -0.25) is 25.1 Å². The fourth-order valence-electron chi connectivity index (χ4n) is 3.55. The number of amides is 2. The Balaban J connectivity index is -0.000000605. The Morgan fingerprint density at radius 3 is 1.52 bits per heavy atom. The molecule has 0 aliphatic carbocycles. The monoisotopic (exact) mass is 731 g/mol. The molecule has 0 saturated carbocycles. The number of nitrogens with one attached hydrogen (secondary N) is 2. The Morgan fingerprint density at radius 1 is 0.840 bits per heavy atom. The summed E-state index contributed by atoms with van der Waals surface area (Å²) in [5.74, 6) is 0.449. The molecule has 17 heteroatoms. The number of nitro benzene ring substituents is 2. The van der Waals surface area contributed by atoms with E-state index in [4.69, 9.17) is 28.2 Å². The van der Waals surface area contributed by atoms with Gasteiger partial charge in [-0.15, -0.1) is 0 Å². The molecule has 0 radical (unpaired) electrons. The maximum Gasteiger partial charge on any atom is 0.412 e. The minimum absolute atomic E-state index is 0.0404. The van der Waals surface area contributed by atoms with Gasteiger partial charge in [0.15, 0.2) is 0 Å². The zero-order chi connectivity index (χ0) is 40.2. The van der Waals surface area contributed by atoms with Gasteiger partial charge in [0.2, 0.25) is 0 Å². The molecule has 0 spiro atoms. The van der Waals surface area contributed by atoms with E-state index in [1.165, 1.54) is 55.9 Å². The van der Waals surface area contributed by atoms with Crippen molar-refractivity contribution >= 4 is 40.6 Å². The van der Waals surface area contributed by atoms with Gasteiger partial charge >= 0.3 is 17.6 Å². The lowest BCUT2D eigenvalue weighted by atomic mass is 10.2. The number of hydrogen-bond acceptors (Lipinski definition) is 12. The van der Waals surface area contributed by atoms with Crippen molar-refractivity contribution in [1.29, 1.82) is 0 Å². The maximum absolute atomic E-state index is 11.1. The average molecular weight is 732 g/mol. The molecule has 0 bridgehead atoms. The summed E-state index contributed by atoms with van der Waals surface area (Å²) in [5.41, 5.74) is 3.65. The number of carbonyl (C=O) groups is 3. The summed E-state index contributed by atoms with van der Waals surface area (Å²) in [5, 5.41) is 25.6. The molecule has 2 amide bonds. The first kappa shape index (κ1) is 47.6. The lowest BCUT2D eigenvalue weighted by molar-refractivity contribution is -0.385. The Kier molecular flexibility index (Phi) is 26.0. The lowest BCUT2D eigenvalue weighted by Crippen LogP contribution is -2.36. The zero-order valence-electron chi connectivity index (χ0n) is 31.7. The van der Waals surface area contributed by atoms with E-state index in [0.29, 0.717) is 31.7 Å². The van der Waals surface area contributed by atoms with Crippen molar-refractivity contribution in [3.63, 3.8) is 0 Å². The van der Waals surface area contributed by atoms with Gasteiger partial charge in [0.25, 0.3) is 11.4 Å². The van der Waals surface area contributed by atoms with Gasteiger partial charge in [0, 0.05) is 69.0 Å². The summed E-state index contributed by atoms with van der Waals surface area (Å²) in [6.45, 7) is 21.1. The topological polar surface area (TPSA) is 218 Å². The molecule has 0 heterocycles. The molecule has 0 aliphatic rings. The number of nitrogens with zero attached hydrogens (tertiary/aromatic N) is 3. The normalized spacial score (nSPS) is 10.2. The molecule has 0 aliphatic heterocycles. The Labute approximate surface area is 301 Å². The van der Waals surface area contributed by atoms with Crippen LogP contribution >= 0.6 is 11.6 Å². The van der Waals surface area contributed by atoms with Gasteiger partial charge in [-0.1, -0.05) is 21.3 Å². The number of non-ortho nitro benzene ring substituents is 2. The van der Waals surface area contributed by atoms with Gasteiger partial charge < -0.3 is 30.6 Å². The van der Waals surface area contributed by atoms with E-state index in [2.05, 4.69) is 54.9 Å². The van der Waals surface area contributed by atoms with Crippen molar-refractivity contribution < 1.29 is 39.8 Å². The zero-order valence-corrected chi connectivity index (χ0v) is 31.4. The second kappa shape index (κ2) is 27.3. The van der Waals surface area contributed by atoms with Crippen molar-refractivity contribution in [2.75, 3.05) is 26.2 Å². The van der Waals surface area contributed by atoms with Crippen molar-refractivity contribution in [3.05, 3.63) is 68.8 Å². The smallest absolute Gasteiger partial charge is 0.412 e. The number of nitrogens with two attached hydrogens (primary N) is 1. The number of alkyl carbamates (subject to hydrolysis) is 1. The highest BCUT2D eigenvalue weighted by Crippen LogP contribution is 2.18. The number of hydrogen-bond donors (Lipinski definition) is 3. The molecule has 284 valence electrons. The molecule has 16 nitrogen and oxygen atoms in total. The fraction of sp³-hybridized carbons (Fsp3) is 0.545. The Morgan fingerprint density at radius 2 is 1.24 bits per heavy atom. The van der Waals surface area contributed by atoms with Crippen molar-refractivity contribution in [1.82, 2.24) is 15.5 Å². The van der Waals surface area contributed by atoms with Crippen LogP contribution in [0.1, 0.15) is 77.5 Å². The van der Waals surface area contributed by atoms with Gasteiger partial charge in [-0.05, 0) is 85.7 Å². The number of benzene rings is 2. The standard InChI is InChI=1S/C10H12N2O4.C8H19N.C7H4ClNO4.C7H16N2O2.CH4/c1-2-7-11-10(13)16-9-5-3-8(4-6-9)12(14)15;1-6-9(7(2)3)8(4)5;8-7(10)13-6-3-1-5(2-4-6)9(11)12;1-7(2,3)11-6(10)9-5-4-8;/h3-6H,2,7H2,1H3,(H,11,13);7-8H,6H2,1-5H3;1-4H;4-5,8H2,1-3H3,(H,9,10);1H4/i;;;;1D. The SMILES string of the molecule is CC(C)(C)OC(=O)NCCN.CCCNC(=O)Oc1ccc([N+](=O)[O-])cc1.CCN(C(C)C)C(C)C.O=C(Cl)Oc1ccc([N+](=O)[O-])cc1.[2H]C. The molecule has 0 unspecified atom stereocenters. The maximum atomic E-state index is 11.1. The first-order valence-electron chi connectivity index (χ1n) is 16.5. The van der Waals surface area contributed by atoms with Crippen LogP contribution in [0.2, 0.25) is 0 Å². The molecule has 2 aromatic rings. The number of halogens is 1. The summed E-state index contributed by atoms with van der Waals surface area (Å²) in [6, 6.07) is 11.7. The summed E-state index contributed by atoms with van der Waals surface area (Å²) >= 11 is 4.92. The van der Waals surface area contributed by atoms with E-state index in [9.17, 15) is 34.6 Å². The van der Waals surface area contributed by atoms with Crippen LogP contribution in [0.15, 0.2) is 48.5 Å². The van der Waals surface area contributed by atoms with Crippen LogP contribution in [0.4, 0.5) is 25.8 Å². The number of rotatable bonds is 11. The first-order chi connectivity index (χ1) is 23.8. The Bertz CT molecular complexity index is 1270. The van der Waals surface area contributed by atoms with Gasteiger partial charge in [-0.25, -0.2) is 14.4 Å². The fourth-order valence-corrected chi connectivity index (χ4v) is 3.64. The molecule has 0 fully saturated rings. The Hall–Kier alpha value is -4.54. The van der Waals surface area contributed by atoms with Crippen molar-refractivity contribution in [3.8, 4) is 11.5 Å². The van der Waals surface area contributed by atoms with Crippen molar-refractivity contribution in [2.45, 2.75) is 93.8 Å². The molecular formula is C33H55ClN6O10. The molecule has 0 aromatic heterocycles. The molecular weight excluding hydrogens is 676 g/mol. The largest absolute Gasteiger partial charge is 0.444 e. The molecule has 50 heavy (non-hydrogen) atoms. The second-order valence-corrected chi connectivity index (χ2v) is 11.7. The highest BCUT2D eigenvalue weighted by Gasteiger charge is 2.15. The minimum Gasteiger partial charge on any atom is -0.444 e. The summed E-state index contributed by atoms with van der Waals surface area (Å²) in [7, 11) is 1.25. The van der Waals surface area contributed by atoms with Gasteiger partial charge in [0.05, 0.1) is 9.85 Å². The third-order valence-corrected chi connectivity index (χ3v) is 5.60. The predicted molar refractivity (Wildman–Crippen MR) is 195 cm³/mol. The minimum atomic E-state index is -0.978. The molecule has 4 N–H and O–H groups in total. The summed E-state index contributed by atoms with van der Waals surface area (Å²) in [4.78, 5) is 54.2. The number of carbonyl (C=O) groups excluding carboxylic acids is 3. The van der Waals surface area contributed by atoms with E-state index >= 15 is 0 Å². The van der Waals surface area contributed by atoms with Crippen LogP contribution in [0.5, 0.6) is 11.5 Å². The van der Waals surface area contributed by atoms with Crippen LogP contribution in [-0.2, 0) is 4.74 Å². The van der Waals surface area contributed by atoms with Gasteiger partial charge in [-0.2, -0.15) is 0 Å². The molecule has 0 atom stereocenters. The summed E-state index contributed by atoms with van der Waals surface area (Å²) in [6.07, 6.45) is -0.159. The second-order valence-electron chi connectivity index (χ2n) is 11.4. The lowest BCUT2D eigenvalue weighted by Gasteiger charge is -2.28. The quantitative estimate of drug-likeness (QED) is 0.115. The van der Waals surface area contributed by atoms with Crippen LogP contribution in [-0.4, -0.2) is 76.2 Å². The van der Waals surface area contributed by atoms with Crippen LogP contribution in [0, 0.1) is 20.2 Å². The molecule has 2 rings (SSSR count). The van der Waals surface area contributed by atoms with E-state index in [0.717, 1.165) is 13.0 Å². The molecule has 2 aromatic carbocycles. The average Bonchev–Trinajstić information content (AvgIpc) is 3.04. The van der Waals surface area contributed by atoms with Crippen LogP contribution in [0.3, 0.4) is 0 Å². The number of ether oxygens (including phenoxy) is 3. The van der Waals surface area contributed by atoms with Gasteiger partial charge in [0.1, 0.15) is 17.1 Å². The molecule has 0 saturated heterocycles. The summed E-state index contributed by atoms with van der Waals surface area (Å²) < 4.78 is 20.0.